The Balaban J connectivity index is 2.20. The molecule has 2 unspecified atom stereocenters. The molecule has 0 aliphatic carbocycles. The number of hydrogen-bond acceptors (Lipinski definition) is 3. The molecule has 2 rings (SSSR count). The molecule has 2 atom stereocenters. The molecule has 1 aromatic carbocycles. The van der Waals surface area contributed by atoms with Crippen molar-refractivity contribution in [3.63, 3.8) is 0 Å². The highest BCUT2D eigenvalue weighted by atomic mass is 19.1. The van der Waals surface area contributed by atoms with Gasteiger partial charge in [0.1, 0.15) is 11.6 Å². The fourth-order valence-corrected chi connectivity index (χ4v) is 2.77. The Kier molecular flexibility index (Phi) is 3.88. The van der Waals surface area contributed by atoms with E-state index in [2.05, 4.69) is 23.8 Å². The molecule has 1 aromatic rings. The van der Waals surface area contributed by atoms with Gasteiger partial charge in [-0.1, -0.05) is 0 Å². The number of aromatic hydroxyl groups is 1. The standard InChI is InChI=1S/C14H21FN2O/c1-10-9-16(3)6-7-17(10)11(2)13-8-12(15)4-5-14(13)18/h4-5,8,10-11,18H,6-7,9H2,1-3H3. The van der Waals surface area contributed by atoms with Gasteiger partial charge in [-0.3, -0.25) is 4.90 Å². The van der Waals surface area contributed by atoms with Crippen LogP contribution in [0.25, 0.3) is 0 Å². The zero-order chi connectivity index (χ0) is 13.3. The average molecular weight is 252 g/mol. The van der Waals surface area contributed by atoms with Crippen LogP contribution in [-0.4, -0.2) is 47.6 Å². The van der Waals surface area contributed by atoms with Crippen LogP contribution >= 0.6 is 0 Å². The van der Waals surface area contributed by atoms with Crippen LogP contribution in [0.4, 0.5) is 4.39 Å². The van der Waals surface area contributed by atoms with E-state index in [9.17, 15) is 9.50 Å². The number of rotatable bonds is 2. The van der Waals surface area contributed by atoms with E-state index in [-0.39, 0.29) is 17.6 Å². The highest BCUT2D eigenvalue weighted by molar-refractivity contribution is 5.35. The number of hydrogen-bond donors (Lipinski definition) is 1. The lowest BCUT2D eigenvalue weighted by atomic mass is 10.0. The van der Waals surface area contributed by atoms with Crippen molar-refractivity contribution in [2.75, 3.05) is 26.7 Å². The number of nitrogens with zero attached hydrogens (tertiary/aromatic N) is 2. The maximum absolute atomic E-state index is 13.3. The molecule has 0 bridgehead atoms. The molecule has 1 fully saturated rings. The fourth-order valence-electron chi connectivity index (χ4n) is 2.77. The zero-order valence-electron chi connectivity index (χ0n) is 11.2. The topological polar surface area (TPSA) is 26.7 Å². The second-order valence-corrected chi connectivity index (χ2v) is 5.23. The molecule has 1 N–H and O–H groups in total. The van der Waals surface area contributed by atoms with Gasteiger partial charge in [0.05, 0.1) is 0 Å². The van der Waals surface area contributed by atoms with Crippen molar-refractivity contribution in [2.24, 2.45) is 0 Å². The SMILES string of the molecule is CC1CN(C)CCN1C(C)c1cc(F)ccc1O. The molecule has 0 spiro atoms. The van der Waals surface area contributed by atoms with Crippen molar-refractivity contribution in [2.45, 2.75) is 25.9 Å². The van der Waals surface area contributed by atoms with Crippen LogP contribution in [-0.2, 0) is 0 Å². The number of phenolic OH excluding ortho intramolecular Hbond substituents is 1. The van der Waals surface area contributed by atoms with Crippen LogP contribution in [0.3, 0.4) is 0 Å². The van der Waals surface area contributed by atoms with E-state index in [0.29, 0.717) is 11.6 Å². The first kappa shape index (κ1) is 13.3. The molecule has 0 saturated carbocycles. The Morgan fingerprint density at radius 2 is 2.11 bits per heavy atom. The van der Waals surface area contributed by atoms with Gasteiger partial charge in [-0.2, -0.15) is 0 Å². The number of likely N-dealkylation sites (N-methyl/N-ethyl adjacent to an activating group) is 1. The van der Waals surface area contributed by atoms with E-state index in [1.807, 2.05) is 6.92 Å². The zero-order valence-corrected chi connectivity index (χ0v) is 11.2. The second-order valence-electron chi connectivity index (χ2n) is 5.23. The van der Waals surface area contributed by atoms with Crippen molar-refractivity contribution in [3.05, 3.63) is 29.6 Å². The van der Waals surface area contributed by atoms with Gasteiger partial charge in [-0.05, 0) is 39.1 Å². The third-order valence-electron chi connectivity index (χ3n) is 3.82. The highest BCUT2D eigenvalue weighted by Gasteiger charge is 2.27. The minimum atomic E-state index is -0.295. The molecular formula is C14H21FN2O. The maximum atomic E-state index is 13.3. The van der Waals surface area contributed by atoms with E-state index in [0.717, 1.165) is 19.6 Å². The van der Waals surface area contributed by atoms with Gasteiger partial charge in [0.15, 0.2) is 0 Å². The molecule has 0 radical (unpaired) electrons. The minimum absolute atomic E-state index is 0.0319. The summed E-state index contributed by atoms with van der Waals surface area (Å²) in [6.45, 7) is 7.14. The molecule has 0 amide bonds. The van der Waals surface area contributed by atoms with E-state index in [1.165, 1.54) is 18.2 Å². The summed E-state index contributed by atoms with van der Waals surface area (Å²) in [5.74, 6) is -0.119. The lowest BCUT2D eigenvalue weighted by Gasteiger charge is -2.42. The van der Waals surface area contributed by atoms with Crippen molar-refractivity contribution < 1.29 is 9.50 Å². The van der Waals surface area contributed by atoms with Crippen LogP contribution in [0.2, 0.25) is 0 Å². The molecule has 1 saturated heterocycles. The average Bonchev–Trinajstić information content (AvgIpc) is 2.31. The van der Waals surface area contributed by atoms with Crippen LogP contribution in [0, 0.1) is 5.82 Å². The maximum Gasteiger partial charge on any atom is 0.123 e. The first-order valence-electron chi connectivity index (χ1n) is 6.41. The molecule has 1 aliphatic heterocycles. The van der Waals surface area contributed by atoms with Gasteiger partial charge < -0.3 is 10.0 Å². The second kappa shape index (κ2) is 5.24. The number of benzene rings is 1. The summed E-state index contributed by atoms with van der Waals surface area (Å²) in [7, 11) is 2.11. The van der Waals surface area contributed by atoms with Gasteiger partial charge in [0.2, 0.25) is 0 Å². The summed E-state index contributed by atoms with van der Waals surface area (Å²) >= 11 is 0. The first-order chi connectivity index (χ1) is 8.49. The van der Waals surface area contributed by atoms with E-state index in [4.69, 9.17) is 0 Å². The third kappa shape index (κ3) is 2.65. The Morgan fingerprint density at radius 1 is 1.39 bits per heavy atom. The summed E-state index contributed by atoms with van der Waals surface area (Å²) in [5, 5.41) is 9.87. The number of halogens is 1. The van der Waals surface area contributed by atoms with Gasteiger partial charge >= 0.3 is 0 Å². The normalized spacial score (nSPS) is 24.1. The Morgan fingerprint density at radius 3 is 2.78 bits per heavy atom. The lowest BCUT2D eigenvalue weighted by molar-refractivity contribution is 0.0663. The number of phenols is 1. The first-order valence-corrected chi connectivity index (χ1v) is 6.41. The molecule has 3 nitrogen and oxygen atoms in total. The molecular weight excluding hydrogens is 231 g/mol. The van der Waals surface area contributed by atoms with E-state index in [1.54, 1.807) is 0 Å². The summed E-state index contributed by atoms with van der Waals surface area (Å²) < 4.78 is 13.3. The van der Waals surface area contributed by atoms with Gasteiger partial charge in [0.25, 0.3) is 0 Å². The highest BCUT2D eigenvalue weighted by Crippen LogP contribution is 2.31. The largest absolute Gasteiger partial charge is 0.508 e. The van der Waals surface area contributed by atoms with Crippen molar-refractivity contribution in [1.82, 2.24) is 9.80 Å². The summed E-state index contributed by atoms with van der Waals surface area (Å²) in [5.41, 5.74) is 0.673. The summed E-state index contributed by atoms with van der Waals surface area (Å²) in [6, 6.07) is 4.59. The Labute approximate surface area is 108 Å². The molecule has 1 heterocycles. The quantitative estimate of drug-likeness (QED) is 0.874. The predicted molar refractivity (Wildman–Crippen MR) is 70.1 cm³/mol. The third-order valence-corrected chi connectivity index (χ3v) is 3.82. The minimum Gasteiger partial charge on any atom is -0.508 e. The molecule has 0 aromatic heterocycles. The van der Waals surface area contributed by atoms with Crippen LogP contribution in [0.1, 0.15) is 25.5 Å². The van der Waals surface area contributed by atoms with Gasteiger partial charge in [0, 0.05) is 37.3 Å². The van der Waals surface area contributed by atoms with Crippen molar-refractivity contribution in [3.8, 4) is 5.75 Å². The fraction of sp³-hybridized carbons (Fsp3) is 0.571. The Bertz CT molecular complexity index is 424. The van der Waals surface area contributed by atoms with E-state index >= 15 is 0 Å². The van der Waals surface area contributed by atoms with Crippen molar-refractivity contribution in [1.29, 1.82) is 0 Å². The summed E-state index contributed by atoms with van der Waals surface area (Å²) in [4.78, 5) is 4.60. The molecule has 100 valence electrons. The van der Waals surface area contributed by atoms with Crippen LogP contribution in [0.5, 0.6) is 5.75 Å². The van der Waals surface area contributed by atoms with Crippen LogP contribution < -0.4 is 0 Å². The molecule has 18 heavy (non-hydrogen) atoms. The van der Waals surface area contributed by atoms with Crippen LogP contribution in [0.15, 0.2) is 18.2 Å². The molecule has 4 heteroatoms. The van der Waals surface area contributed by atoms with Gasteiger partial charge in [-0.25, -0.2) is 4.39 Å². The lowest BCUT2D eigenvalue weighted by Crippen LogP contribution is -2.51. The Hall–Kier alpha value is -1.13. The van der Waals surface area contributed by atoms with Gasteiger partial charge in [-0.15, -0.1) is 0 Å². The number of piperazine rings is 1. The smallest absolute Gasteiger partial charge is 0.123 e. The van der Waals surface area contributed by atoms with Crippen molar-refractivity contribution >= 4 is 0 Å². The monoisotopic (exact) mass is 252 g/mol. The van der Waals surface area contributed by atoms with E-state index < -0.39 is 0 Å². The predicted octanol–water partition coefficient (Wildman–Crippen LogP) is 2.23. The molecule has 1 aliphatic rings. The summed E-state index contributed by atoms with van der Waals surface area (Å²) in [6.07, 6.45) is 0.